The van der Waals surface area contributed by atoms with Crippen LogP contribution in [-0.4, -0.2) is 31.2 Å². The highest BCUT2D eigenvalue weighted by atomic mass is 32.2. The molecular formula is C13H17N3S. The molecule has 0 amide bonds. The Bertz CT molecular complexity index is 415. The van der Waals surface area contributed by atoms with Crippen molar-refractivity contribution in [3.63, 3.8) is 0 Å². The van der Waals surface area contributed by atoms with Crippen LogP contribution in [0, 0.1) is 0 Å². The van der Waals surface area contributed by atoms with Crippen molar-refractivity contribution >= 4 is 23.3 Å². The molecule has 0 unspecified atom stereocenters. The third-order valence-corrected chi connectivity index (χ3v) is 3.50. The standard InChI is InChI=1S/C13H17N3S/c1-2-9-17-12-6-4-3-5-11(12)16-10-13-14-7-8-15-13/h2-6,16H,1,7-10H2,(H,14,15). The molecule has 0 saturated carbocycles. The van der Waals surface area contributed by atoms with Crippen molar-refractivity contribution in [3.8, 4) is 0 Å². The Hall–Kier alpha value is -1.42. The lowest BCUT2D eigenvalue weighted by Gasteiger charge is -2.11. The van der Waals surface area contributed by atoms with Gasteiger partial charge in [0.1, 0.15) is 5.84 Å². The van der Waals surface area contributed by atoms with Crippen molar-refractivity contribution in [1.82, 2.24) is 5.32 Å². The van der Waals surface area contributed by atoms with Gasteiger partial charge in [-0.25, -0.2) is 0 Å². The number of amidine groups is 1. The highest BCUT2D eigenvalue weighted by Gasteiger charge is 2.06. The van der Waals surface area contributed by atoms with E-state index in [0.717, 1.165) is 36.9 Å². The third-order valence-electron chi connectivity index (χ3n) is 2.43. The minimum absolute atomic E-state index is 0.770. The van der Waals surface area contributed by atoms with Gasteiger partial charge in [0.25, 0.3) is 0 Å². The summed E-state index contributed by atoms with van der Waals surface area (Å²) >= 11 is 1.79. The van der Waals surface area contributed by atoms with E-state index < -0.39 is 0 Å². The quantitative estimate of drug-likeness (QED) is 0.598. The van der Waals surface area contributed by atoms with E-state index >= 15 is 0 Å². The van der Waals surface area contributed by atoms with Crippen molar-refractivity contribution in [2.45, 2.75) is 4.90 Å². The van der Waals surface area contributed by atoms with Crippen LogP contribution in [0.5, 0.6) is 0 Å². The van der Waals surface area contributed by atoms with Crippen molar-refractivity contribution in [1.29, 1.82) is 0 Å². The van der Waals surface area contributed by atoms with E-state index in [1.165, 1.54) is 4.90 Å². The van der Waals surface area contributed by atoms with Crippen LogP contribution in [0.2, 0.25) is 0 Å². The first kappa shape index (κ1) is 12.0. The summed E-state index contributed by atoms with van der Waals surface area (Å²) in [6, 6.07) is 8.33. The van der Waals surface area contributed by atoms with E-state index in [-0.39, 0.29) is 0 Å². The van der Waals surface area contributed by atoms with E-state index in [1.54, 1.807) is 11.8 Å². The largest absolute Gasteiger partial charge is 0.377 e. The number of nitrogens with one attached hydrogen (secondary N) is 2. The smallest absolute Gasteiger partial charge is 0.116 e. The maximum Gasteiger partial charge on any atom is 0.116 e. The van der Waals surface area contributed by atoms with E-state index in [2.05, 4.69) is 40.4 Å². The molecule has 2 rings (SSSR count). The fourth-order valence-electron chi connectivity index (χ4n) is 1.63. The molecule has 90 valence electrons. The number of rotatable bonds is 6. The van der Waals surface area contributed by atoms with Crippen LogP contribution in [0.25, 0.3) is 0 Å². The predicted molar refractivity (Wildman–Crippen MR) is 76.2 cm³/mol. The van der Waals surface area contributed by atoms with Gasteiger partial charge < -0.3 is 10.6 Å². The van der Waals surface area contributed by atoms with Crippen LogP contribution < -0.4 is 10.6 Å². The Labute approximate surface area is 106 Å². The minimum atomic E-state index is 0.770. The maximum absolute atomic E-state index is 4.36. The van der Waals surface area contributed by atoms with Crippen LogP contribution in [-0.2, 0) is 0 Å². The van der Waals surface area contributed by atoms with E-state index in [9.17, 15) is 0 Å². The predicted octanol–water partition coefficient (Wildman–Crippen LogP) is 2.38. The van der Waals surface area contributed by atoms with Gasteiger partial charge in [-0.1, -0.05) is 18.2 Å². The lowest BCUT2D eigenvalue weighted by atomic mass is 10.3. The average Bonchev–Trinajstić information content (AvgIpc) is 2.88. The van der Waals surface area contributed by atoms with Crippen molar-refractivity contribution < 1.29 is 0 Å². The van der Waals surface area contributed by atoms with Crippen molar-refractivity contribution in [2.75, 3.05) is 30.7 Å². The fraction of sp³-hybridized carbons (Fsp3) is 0.308. The zero-order chi connectivity index (χ0) is 11.9. The molecule has 4 heteroatoms. The van der Waals surface area contributed by atoms with Gasteiger partial charge in [-0.05, 0) is 12.1 Å². The Morgan fingerprint density at radius 1 is 1.47 bits per heavy atom. The number of aliphatic imine (C=N–C) groups is 1. The van der Waals surface area contributed by atoms with Gasteiger partial charge in [-0.3, -0.25) is 4.99 Å². The van der Waals surface area contributed by atoms with Crippen LogP contribution in [0.1, 0.15) is 0 Å². The molecule has 2 N–H and O–H groups in total. The van der Waals surface area contributed by atoms with E-state index in [4.69, 9.17) is 0 Å². The Morgan fingerprint density at radius 3 is 3.12 bits per heavy atom. The molecule has 0 fully saturated rings. The van der Waals surface area contributed by atoms with Crippen LogP contribution in [0.4, 0.5) is 5.69 Å². The number of hydrogen-bond donors (Lipinski definition) is 2. The molecular weight excluding hydrogens is 230 g/mol. The lowest BCUT2D eigenvalue weighted by Crippen LogP contribution is -2.26. The number of anilines is 1. The number of hydrogen-bond acceptors (Lipinski definition) is 4. The van der Waals surface area contributed by atoms with Gasteiger partial charge in [0, 0.05) is 22.9 Å². The van der Waals surface area contributed by atoms with Crippen molar-refractivity contribution in [3.05, 3.63) is 36.9 Å². The summed E-state index contributed by atoms with van der Waals surface area (Å²) in [5, 5.41) is 6.67. The topological polar surface area (TPSA) is 36.4 Å². The number of nitrogens with zero attached hydrogens (tertiary/aromatic N) is 1. The molecule has 0 radical (unpaired) electrons. The SMILES string of the molecule is C=CCSc1ccccc1NCC1=NCCN1. The molecule has 1 heterocycles. The summed E-state index contributed by atoms with van der Waals surface area (Å²) in [4.78, 5) is 5.62. The molecule has 1 aliphatic rings. The Kier molecular flexibility index (Phi) is 4.50. The highest BCUT2D eigenvalue weighted by molar-refractivity contribution is 7.99. The summed E-state index contributed by atoms with van der Waals surface area (Å²) in [6.07, 6.45) is 1.92. The highest BCUT2D eigenvalue weighted by Crippen LogP contribution is 2.26. The van der Waals surface area contributed by atoms with E-state index in [0.29, 0.717) is 0 Å². The first-order chi connectivity index (χ1) is 8.40. The summed E-state index contributed by atoms with van der Waals surface area (Å²) in [7, 11) is 0. The van der Waals surface area contributed by atoms with Crippen LogP contribution in [0.3, 0.4) is 0 Å². The zero-order valence-electron chi connectivity index (χ0n) is 9.78. The number of para-hydroxylation sites is 1. The lowest BCUT2D eigenvalue weighted by molar-refractivity contribution is 0.955. The summed E-state index contributed by atoms with van der Waals surface area (Å²) in [6.45, 7) is 6.37. The maximum atomic E-state index is 4.36. The minimum Gasteiger partial charge on any atom is -0.377 e. The Morgan fingerprint density at radius 2 is 2.35 bits per heavy atom. The normalized spacial score (nSPS) is 14.0. The molecule has 17 heavy (non-hydrogen) atoms. The molecule has 0 aliphatic carbocycles. The van der Waals surface area contributed by atoms with Gasteiger partial charge in [0.2, 0.25) is 0 Å². The number of benzene rings is 1. The second-order valence-electron chi connectivity index (χ2n) is 3.70. The van der Waals surface area contributed by atoms with Gasteiger partial charge in [0.15, 0.2) is 0 Å². The van der Waals surface area contributed by atoms with E-state index in [1.807, 2.05) is 12.1 Å². The molecule has 0 spiro atoms. The molecule has 0 atom stereocenters. The first-order valence-corrected chi connectivity index (χ1v) is 6.72. The monoisotopic (exact) mass is 247 g/mol. The van der Waals surface area contributed by atoms with Crippen LogP contribution in [0.15, 0.2) is 46.8 Å². The second-order valence-corrected chi connectivity index (χ2v) is 4.77. The second kappa shape index (κ2) is 6.35. The summed E-state index contributed by atoms with van der Waals surface area (Å²) < 4.78 is 0. The molecule has 3 nitrogen and oxygen atoms in total. The first-order valence-electron chi connectivity index (χ1n) is 5.74. The summed E-state index contributed by atoms with van der Waals surface area (Å²) in [5.41, 5.74) is 1.16. The van der Waals surface area contributed by atoms with Gasteiger partial charge in [-0.2, -0.15) is 0 Å². The number of thioether (sulfide) groups is 1. The molecule has 0 bridgehead atoms. The van der Waals surface area contributed by atoms with Gasteiger partial charge >= 0.3 is 0 Å². The van der Waals surface area contributed by atoms with Crippen molar-refractivity contribution in [2.24, 2.45) is 4.99 Å². The molecule has 0 saturated heterocycles. The zero-order valence-corrected chi connectivity index (χ0v) is 10.6. The molecule has 1 aromatic carbocycles. The molecule has 1 aromatic rings. The average molecular weight is 247 g/mol. The fourth-order valence-corrected chi connectivity index (χ4v) is 2.40. The molecule has 0 aromatic heterocycles. The van der Waals surface area contributed by atoms with Gasteiger partial charge in [0.05, 0.1) is 13.1 Å². The third kappa shape index (κ3) is 3.53. The summed E-state index contributed by atoms with van der Waals surface area (Å²) in [5.74, 6) is 1.98. The van der Waals surface area contributed by atoms with Crippen LogP contribution >= 0.6 is 11.8 Å². The molecule has 1 aliphatic heterocycles. The van der Waals surface area contributed by atoms with Gasteiger partial charge in [-0.15, -0.1) is 18.3 Å². The Balaban J connectivity index is 1.96.